The highest BCUT2D eigenvalue weighted by Crippen LogP contribution is 2.29. The Hall–Kier alpha value is -2.41. The highest BCUT2D eigenvalue weighted by atomic mass is 32.1. The molecule has 0 unspecified atom stereocenters. The van der Waals surface area contributed by atoms with Gasteiger partial charge < -0.3 is 9.64 Å². The van der Waals surface area contributed by atoms with E-state index in [9.17, 15) is 9.59 Å². The molecule has 0 saturated carbocycles. The third-order valence-electron chi connectivity index (χ3n) is 4.31. The molecule has 0 spiro atoms. The van der Waals surface area contributed by atoms with Crippen molar-refractivity contribution < 1.29 is 14.3 Å². The van der Waals surface area contributed by atoms with Gasteiger partial charge in [-0.15, -0.1) is 0 Å². The predicted molar refractivity (Wildman–Crippen MR) is 106 cm³/mol. The number of amides is 2. The van der Waals surface area contributed by atoms with Crippen LogP contribution in [0.4, 0.5) is 5.13 Å². The number of fused-ring (bicyclic) bond motifs is 1. The van der Waals surface area contributed by atoms with Gasteiger partial charge in [0.05, 0.1) is 18.8 Å². The fourth-order valence-electron chi connectivity index (χ4n) is 2.98. The van der Waals surface area contributed by atoms with Crippen molar-refractivity contribution in [2.75, 3.05) is 18.5 Å². The van der Waals surface area contributed by atoms with Crippen LogP contribution in [0.1, 0.15) is 48.1 Å². The fraction of sp³-hybridized carbons (Fsp3) is 0.450. The number of rotatable bonds is 6. The number of ether oxygens (including phenoxy) is 1. The Bertz CT molecular complexity index is 814. The quantitative estimate of drug-likeness (QED) is 0.820. The van der Waals surface area contributed by atoms with Crippen molar-refractivity contribution >= 4 is 28.3 Å². The van der Waals surface area contributed by atoms with Crippen molar-refractivity contribution in [2.45, 2.75) is 40.2 Å². The van der Waals surface area contributed by atoms with Crippen LogP contribution in [0.3, 0.4) is 0 Å². The van der Waals surface area contributed by atoms with Gasteiger partial charge in [-0.25, -0.2) is 4.98 Å². The molecule has 2 amide bonds. The van der Waals surface area contributed by atoms with E-state index in [-0.39, 0.29) is 11.8 Å². The molecule has 144 valence electrons. The van der Waals surface area contributed by atoms with Crippen LogP contribution in [0.15, 0.2) is 24.3 Å². The number of nitrogens with zero attached hydrogens (tertiary/aromatic N) is 2. The summed E-state index contributed by atoms with van der Waals surface area (Å²) in [6.07, 6.45) is 1.30. The number of carbonyl (C=O) groups excluding carboxylic acids is 2. The smallest absolute Gasteiger partial charge is 0.257 e. The minimum Gasteiger partial charge on any atom is -0.494 e. The number of anilines is 1. The predicted octanol–water partition coefficient (Wildman–Crippen LogP) is 3.72. The molecule has 0 saturated heterocycles. The van der Waals surface area contributed by atoms with E-state index in [1.165, 1.54) is 11.3 Å². The number of hydrogen-bond donors (Lipinski definition) is 1. The van der Waals surface area contributed by atoms with Crippen LogP contribution in [0, 0.1) is 5.92 Å². The molecule has 0 atom stereocenters. The van der Waals surface area contributed by atoms with Gasteiger partial charge in [0, 0.05) is 29.8 Å². The second-order valence-corrected chi connectivity index (χ2v) is 8.05. The Kier molecular flexibility index (Phi) is 6.11. The van der Waals surface area contributed by atoms with E-state index in [1.807, 2.05) is 11.8 Å². The van der Waals surface area contributed by atoms with Crippen LogP contribution in [-0.4, -0.2) is 34.8 Å². The SMILES string of the molecule is CCOc1ccc(C(=O)Nc2nc3c(s2)CN(C(=O)CC(C)C)CC3)cc1. The molecule has 6 nitrogen and oxygen atoms in total. The molecule has 7 heteroatoms. The summed E-state index contributed by atoms with van der Waals surface area (Å²) in [5, 5.41) is 3.45. The van der Waals surface area contributed by atoms with Crippen molar-refractivity contribution in [2.24, 2.45) is 5.92 Å². The zero-order chi connectivity index (χ0) is 19.4. The van der Waals surface area contributed by atoms with Gasteiger partial charge in [0.15, 0.2) is 5.13 Å². The zero-order valence-corrected chi connectivity index (χ0v) is 16.8. The molecular weight excluding hydrogens is 362 g/mol. The van der Waals surface area contributed by atoms with E-state index in [0.29, 0.717) is 42.7 Å². The third kappa shape index (κ3) is 4.86. The van der Waals surface area contributed by atoms with Gasteiger partial charge in [0.2, 0.25) is 5.91 Å². The molecule has 1 aromatic heterocycles. The first-order chi connectivity index (χ1) is 13.0. The summed E-state index contributed by atoms with van der Waals surface area (Å²) in [7, 11) is 0. The minimum absolute atomic E-state index is 0.184. The van der Waals surface area contributed by atoms with Crippen molar-refractivity contribution in [3.05, 3.63) is 40.4 Å². The Morgan fingerprint density at radius 2 is 2.04 bits per heavy atom. The fourth-order valence-corrected chi connectivity index (χ4v) is 4.00. The lowest BCUT2D eigenvalue weighted by Gasteiger charge is -2.26. The molecule has 3 rings (SSSR count). The number of aromatic nitrogens is 1. The van der Waals surface area contributed by atoms with E-state index < -0.39 is 0 Å². The lowest BCUT2D eigenvalue weighted by Crippen LogP contribution is -2.36. The zero-order valence-electron chi connectivity index (χ0n) is 15.9. The summed E-state index contributed by atoms with van der Waals surface area (Å²) < 4.78 is 5.39. The Labute approximate surface area is 163 Å². The van der Waals surface area contributed by atoms with Crippen molar-refractivity contribution in [3.8, 4) is 5.75 Å². The van der Waals surface area contributed by atoms with Gasteiger partial charge in [0.1, 0.15) is 5.75 Å². The minimum atomic E-state index is -0.197. The molecule has 27 heavy (non-hydrogen) atoms. The lowest BCUT2D eigenvalue weighted by molar-refractivity contribution is -0.132. The van der Waals surface area contributed by atoms with Crippen LogP contribution in [0.25, 0.3) is 0 Å². The Balaban J connectivity index is 1.64. The number of nitrogens with one attached hydrogen (secondary N) is 1. The van der Waals surface area contributed by atoms with E-state index in [1.54, 1.807) is 24.3 Å². The first kappa shape index (κ1) is 19.4. The standard InChI is InChI=1S/C20H25N3O3S/c1-4-26-15-7-5-14(6-8-15)19(25)22-20-21-16-9-10-23(12-17(16)27-20)18(24)11-13(2)3/h5-8,13H,4,9-12H2,1-3H3,(H,21,22,25). The second kappa shape index (κ2) is 8.52. The third-order valence-corrected chi connectivity index (χ3v) is 5.31. The van der Waals surface area contributed by atoms with Crippen LogP contribution in [0.5, 0.6) is 5.75 Å². The Morgan fingerprint density at radius 3 is 2.70 bits per heavy atom. The largest absolute Gasteiger partial charge is 0.494 e. The maximum atomic E-state index is 12.4. The summed E-state index contributed by atoms with van der Waals surface area (Å²) in [6, 6.07) is 7.04. The molecule has 0 bridgehead atoms. The highest BCUT2D eigenvalue weighted by Gasteiger charge is 2.25. The highest BCUT2D eigenvalue weighted by molar-refractivity contribution is 7.15. The average molecular weight is 388 g/mol. The molecule has 0 radical (unpaired) electrons. The van der Waals surface area contributed by atoms with Crippen molar-refractivity contribution in [1.29, 1.82) is 0 Å². The summed E-state index contributed by atoms with van der Waals surface area (Å²) in [4.78, 5) is 32.2. The summed E-state index contributed by atoms with van der Waals surface area (Å²) in [6.45, 7) is 7.88. The molecule has 0 fully saturated rings. The van der Waals surface area contributed by atoms with Gasteiger partial charge in [0.25, 0.3) is 5.91 Å². The molecule has 2 heterocycles. The monoisotopic (exact) mass is 387 g/mol. The first-order valence-corrected chi connectivity index (χ1v) is 10.1. The van der Waals surface area contributed by atoms with E-state index in [2.05, 4.69) is 24.1 Å². The van der Waals surface area contributed by atoms with Gasteiger partial charge in [-0.1, -0.05) is 25.2 Å². The molecule has 1 aromatic carbocycles. The number of thiazole rings is 1. The maximum Gasteiger partial charge on any atom is 0.257 e. The van der Waals surface area contributed by atoms with Crippen LogP contribution in [0.2, 0.25) is 0 Å². The maximum absolute atomic E-state index is 12.4. The van der Waals surface area contributed by atoms with E-state index >= 15 is 0 Å². The van der Waals surface area contributed by atoms with Gasteiger partial charge >= 0.3 is 0 Å². The second-order valence-electron chi connectivity index (χ2n) is 6.96. The lowest BCUT2D eigenvalue weighted by atomic mass is 10.1. The van der Waals surface area contributed by atoms with Crippen LogP contribution in [-0.2, 0) is 17.8 Å². The molecule has 1 aliphatic rings. The van der Waals surface area contributed by atoms with Gasteiger partial charge in [-0.3, -0.25) is 14.9 Å². The van der Waals surface area contributed by atoms with Crippen molar-refractivity contribution in [1.82, 2.24) is 9.88 Å². The van der Waals surface area contributed by atoms with Gasteiger partial charge in [-0.2, -0.15) is 0 Å². The summed E-state index contributed by atoms with van der Waals surface area (Å²) >= 11 is 1.45. The average Bonchev–Trinajstić information content (AvgIpc) is 3.03. The number of benzene rings is 1. The molecule has 2 aromatic rings. The number of carbonyl (C=O) groups is 2. The molecular formula is C20H25N3O3S. The Morgan fingerprint density at radius 1 is 1.30 bits per heavy atom. The van der Waals surface area contributed by atoms with E-state index in [4.69, 9.17) is 4.74 Å². The summed E-state index contributed by atoms with van der Waals surface area (Å²) in [5.74, 6) is 1.08. The molecule has 1 aliphatic heterocycles. The number of hydrogen-bond acceptors (Lipinski definition) is 5. The van der Waals surface area contributed by atoms with Crippen LogP contribution < -0.4 is 10.1 Å². The topological polar surface area (TPSA) is 71.5 Å². The van der Waals surface area contributed by atoms with Crippen LogP contribution >= 0.6 is 11.3 Å². The van der Waals surface area contributed by atoms with E-state index in [0.717, 1.165) is 22.7 Å². The normalized spacial score (nSPS) is 13.4. The van der Waals surface area contributed by atoms with Crippen molar-refractivity contribution in [3.63, 3.8) is 0 Å². The summed E-state index contributed by atoms with van der Waals surface area (Å²) in [5.41, 5.74) is 1.54. The van der Waals surface area contributed by atoms with Gasteiger partial charge in [-0.05, 0) is 37.1 Å². The first-order valence-electron chi connectivity index (χ1n) is 9.26. The molecule has 1 N–H and O–H groups in total. The molecule has 0 aliphatic carbocycles.